The van der Waals surface area contributed by atoms with Crippen LogP contribution in [0.1, 0.15) is 12.8 Å². The van der Waals surface area contributed by atoms with Crippen LogP contribution in [-0.4, -0.2) is 39.4 Å². The SMILES string of the molecule is O=S(O)OCCCCSC1=NCCN1. The molecule has 1 aliphatic rings. The molecular formula is C7H14N2O3S2. The number of unbranched alkanes of at least 4 members (excludes halogenated alkanes) is 1. The normalized spacial score (nSPS) is 17.6. The van der Waals surface area contributed by atoms with E-state index in [2.05, 4.69) is 14.5 Å². The van der Waals surface area contributed by atoms with Crippen molar-refractivity contribution in [3.8, 4) is 0 Å². The Labute approximate surface area is 90.2 Å². The van der Waals surface area contributed by atoms with E-state index in [0.717, 1.165) is 36.9 Å². The number of nitrogens with zero attached hydrogens (tertiary/aromatic N) is 1. The molecule has 0 radical (unpaired) electrons. The fraction of sp³-hybridized carbons (Fsp3) is 0.857. The third kappa shape index (κ3) is 5.58. The van der Waals surface area contributed by atoms with E-state index in [-0.39, 0.29) is 0 Å². The van der Waals surface area contributed by atoms with E-state index < -0.39 is 11.4 Å². The Kier molecular flexibility index (Phi) is 6.17. The lowest BCUT2D eigenvalue weighted by Crippen LogP contribution is -2.15. The van der Waals surface area contributed by atoms with E-state index in [9.17, 15) is 4.21 Å². The summed E-state index contributed by atoms with van der Waals surface area (Å²) in [6, 6.07) is 0. The summed E-state index contributed by atoms with van der Waals surface area (Å²) in [5, 5.41) is 4.17. The molecule has 0 amide bonds. The van der Waals surface area contributed by atoms with E-state index in [1.54, 1.807) is 11.8 Å². The van der Waals surface area contributed by atoms with Crippen LogP contribution >= 0.6 is 11.8 Å². The van der Waals surface area contributed by atoms with Gasteiger partial charge in [0.15, 0.2) is 5.17 Å². The molecule has 0 aromatic rings. The summed E-state index contributed by atoms with van der Waals surface area (Å²) in [6.45, 7) is 2.15. The number of rotatable bonds is 6. The van der Waals surface area contributed by atoms with Gasteiger partial charge in [-0.25, -0.2) is 0 Å². The predicted molar refractivity (Wildman–Crippen MR) is 58.7 cm³/mol. The van der Waals surface area contributed by atoms with Crippen molar-refractivity contribution < 1.29 is 12.9 Å². The van der Waals surface area contributed by atoms with Gasteiger partial charge in [-0.2, -0.15) is 4.21 Å². The summed E-state index contributed by atoms with van der Waals surface area (Å²) in [7, 11) is 0. The molecule has 0 bridgehead atoms. The molecule has 1 aliphatic heterocycles. The molecule has 0 aromatic heterocycles. The largest absolute Gasteiger partial charge is 0.363 e. The van der Waals surface area contributed by atoms with Crippen molar-refractivity contribution in [3.63, 3.8) is 0 Å². The Morgan fingerprint density at radius 2 is 2.50 bits per heavy atom. The first kappa shape index (κ1) is 12.0. The van der Waals surface area contributed by atoms with Crippen LogP contribution in [0.5, 0.6) is 0 Å². The van der Waals surface area contributed by atoms with E-state index in [1.807, 2.05) is 0 Å². The topological polar surface area (TPSA) is 70.9 Å². The zero-order chi connectivity index (χ0) is 10.2. The summed E-state index contributed by atoms with van der Waals surface area (Å²) in [5.41, 5.74) is 0. The second-order valence-electron chi connectivity index (χ2n) is 2.71. The van der Waals surface area contributed by atoms with Crippen molar-refractivity contribution in [2.45, 2.75) is 12.8 Å². The molecule has 2 N–H and O–H groups in total. The van der Waals surface area contributed by atoms with Gasteiger partial charge in [0, 0.05) is 12.3 Å². The molecule has 1 atom stereocenters. The maximum Gasteiger partial charge on any atom is 0.301 e. The Morgan fingerprint density at radius 3 is 3.14 bits per heavy atom. The first-order chi connectivity index (χ1) is 6.79. The quantitative estimate of drug-likeness (QED) is 0.524. The van der Waals surface area contributed by atoms with Crippen LogP contribution < -0.4 is 5.32 Å². The van der Waals surface area contributed by atoms with Gasteiger partial charge in [-0.05, 0) is 12.8 Å². The number of thioether (sulfide) groups is 1. The number of hydrogen-bond acceptors (Lipinski definition) is 5. The Morgan fingerprint density at radius 1 is 1.64 bits per heavy atom. The zero-order valence-corrected chi connectivity index (χ0v) is 9.40. The summed E-state index contributed by atoms with van der Waals surface area (Å²) < 4.78 is 22.9. The minimum Gasteiger partial charge on any atom is -0.363 e. The molecule has 0 aromatic carbocycles. The minimum atomic E-state index is -2.12. The molecule has 0 fully saturated rings. The Balaban J connectivity index is 1.86. The van der Waals surface area contributed by atoms with E-state index in [1.165, 1.54) is 0 Å². The lowest BCUT2D eigenvalue weighted by atomic mass is 10.4. The summed E-state index contributed by atoms with van der Waals surface area (Å²) in [4.78, 5) is 4.23. The van der Waals surface area contributed by atoms with E-state index in [4.69, 9.17) is 4.55 Å². The van der Waals surface area contributed by atoms with E-state index >= 15 is 0 Å². The molecule has 14 heavy (non-hydrogen) atoms. The number of hydrogen-bond donors (Lipinski definition) is 2. The maximum atomic E-state index is 10.1. The van der Waals surface area contributed by atoms with Gasteiger partial charge in [0.25, 0.3) is 0 Å². The molecule has 0 spiro atoms. The second-order valence-corrected chi connectivity index (χ2v) is 4.46. The van der Waals surface area contributed by atoms with Crippen LogP contribution in [-0.2, 0) is 15.5 Å². The second kappa shape index (κ2) is 7.22. The third-order valence-electron chi connectivity index (χ3n) is 1.61. The van der Waals surface area contributed by atoms with Gasteiger partial charge < -0.3 is 5.32 Å². The van der Waals surface area contributed by atoms with Crippen LogP contribution in [0.3, 0.4) is 0 Å². The zero-order valence-electron chi connectivity index (χ0n) is 7.77. The average Bonchev–Trinajstić information content (AvgIpc) is 2.63. The Hall–Kier alpha value is -0.110. The highest BCUT2D eigenvalue weighted by Gasteiger charge is 2.04. The van der Waals surface area contributed by atoms with Gasteiger partial charge in [-0.15, -0.1) is 0 Å². The average molecular weight is 238 g/mol. The molecule has 5 nitrogen and oxygen atoms in total. The fourth-order valence-electron chi connectivity index (χ4n) is 0.976. The molecule has 7 heteroatoms. The van der Waals surface area contributed by atoms with Crippen LogP contribution in [0, 0.1) is 0 Å². The van der Waals surface area contributed by atoms with E-state index in [0.29, 0.717) is 6.61 Å². The van der Waals surface area contributed by atoms with Gasteiger partial charge in [-0.3, -0.25) is 13.7 Å². The van der Waals surface area contributed by atoms with Crippen molar-refractivity contribution in [1.29, 1.82) is 0 Å². The molecule has 1 unspecified atom stereocenters. The van der Waals surface area contributed by atoms with Crippen molar-refractivity contribution in [2.75, 3.05) is 25.4 Å². The lowest BCUT2D eigenvalue weighted by Gasteiger charge is -2.01. The van der Waals surface area contributed by atoms with Crippen molar-refractivity contribution in [2.24, 2.45) is 4.99 Å². The fourth-order valence-corrected chi connectivity index (χ4v) is 2.16. The molecule has 1 rings (SSSR count). The van der Waals surface area contributed by atoms with Crippen LogP contribution in [0.15, 0.2) is 4.99 Å². The highest BCUT2D eigenvalue weighted by Crippen LogP contribution is 2.08. The first-order valence-electron chi connectivity index (χ1n) is 4.44. The van der Waals surface area contributed by atoms with Crippen molar-refractivity contribution in [1.82, 2.24) is 5.32 Å². The molecular weight excluding hydrogens is 224 g/mol. The van der Waals surface area contributed by atoms with Crippen LogP contribution in [0.25, 0.3) is 0 Å². The standard InChI is InChI=1S/C7H14N2O3S2/c10-14(11)12-5-1-2-6-13-7-8-3-4-9-7/h1-6H2,(H,8,9)(H,10,11). The Bertz CT molecular complexity index is 223. The number of amidine groups is 1. The van der Waals surface area contributed by atoms with Gasteiger partial charge >= 0.3 is 11.4 Å². The summed E-state index contributed by atoms with van der Waals surface area (Å²) >= 11 is -0.428. The third-order valence-corrected chi connectivity index (χ3v) is 3.01. The minimum absolute atomic E-state index is 0.337. The highest BCUT2D eigenvalue weighted by atomic mass is 32.2. The van der Waals surface area contributed by atoms with Crippen LogP contribution in [0.4, 0.5) is 0 Å². The molecule has 0 saturated carbocycles. The van der Waals surface area contributed by atoms with Crippen molar-refractivity contribution in [3.05, 3.63) is 0 Å². The smallest absolute Gasteiger partial charge is 0.301 e. The lowest BCUT2D eigenvalue weighted by molar-refractivity contribution is 0.301. The van der Waals surface area contributed by atoms with Gasteiger partial charge in [-0.1, -0.05) is 11.8 Å². The monoisotopic (exact) mass is 238 g/mol. The van der Waals surface area contributed by atoms with Gasteiger partial charge in [0.1, 0.15) is 0 Å². The summed E-state index contributed by atoms with van der Waals surface area (Å²) in [5.74, 6) is 0.966. The molecule has 1 heterocycles. The van der Waals surface area contributed by atoms with Gasteiger partial charge in [0.05, 0.1) is 13.2 Å². The van der Waals surface area contributed by atoms with Crippen LogP contribution in [0.2, 0.25) is 0 Å². The highest BCUT2D eigenvalue weighted by molar-refractivity contribution is 8.13. The molecule has 0 aliphatic carbocycles. The maximum absolute atomic E-state index is 10.1. The predicted octanol–water partition coefficient (Wildman–Crippen LogP) is 0.612. The molecule has 82 valence electrons. The van der Waals surface area contributed by atoms with Crippen molar-refractivity contribution >= 4 is 28.3 Å². The molecule has 0 saturated heterocycles. The number of aliphatic imine (C=N–C) groups is 1. The number of nitrogens with one attached hydrogen (secondary N) is 1. The first-order valence-corrected chi connectivity index (χ1v) is 6.46. The van der Waals surface area contributed by atoms with Gasteiger partial charge in [0.2, 0.25) is 0 Å². The summed E-state index contributed by atoms with van der Waals surface area (Å²) in [6.07, 6.45) is 1.76.